The highest BCUT2D eigenvalue weighted by molar-refractivity contribution is 6.09. The molecule has 0 fully saturated rings. The Morgan fingerprint density at radius 2 is 1.83 bits per heavy atom. The lowest BCUT2D eigenvalue weighted by Gasteiger charge is -2.39. The highest BCUT2D eigenvalue weighted by Crippen LogP contribution is 2.49. The third-order valence-corrected chi connectivity index (χ3v) is 6.65. The van der Waals surface area contributed by atoms with E-state index in [1.54, 1.807) is 0 Å². The van der Waals surface area contributed by atoms with Gasteiger partial charge in [-0.2, -0.15) is 0 Å². The van der Waals surface area contributed by atoms with E-state index in [4.69, 9.17) is 23.9 Å². The minimum Gasteiger partial charge on any atom is -0.490 e. The number of esters is 1. The van der Waals surface area contributed by atoms with Crippen molar-refractivity contribution in [1.82, 2.24) is 0 Å². The number of ketones is 1. The van der Waals surface area contributed by atoms with Gasteiger partial charge in [0.25, 0.3) is 0 Å². The first kappa shape index (κ1) is 23.1. The van der Waals surface area contributed by atoms with Crippen LogP contribution >= 0.6 is 0 Å². The van der Waals surface area contributed by atoms with Crippen LogP contribution in [-0.2, 0) is 14.3 Å². The molecule has 2 aromatic rings. The SMILES string of the molecule is CC1=NC2=C(C(=O)CC(C)(C)C2)[C@H](c2ccc3c(c2)OCO3)C1C(=O)OCCOc1ccccc1. The summed E-state index contributed by atoms with van der Waals surface area (Å²) in [4.78, 5) is 31.6. The van der Waals surface area contributed by atoms with Crippen molar-refractivity contribution in [1.29, 1.82) is 0 Å². The van der Waals surface area contributed by atoms with Gasteiger partial charge in [0.2, 0.25) is 6.79 Å². The number of ether oxygens (including phenoxy) is 4. The summed E-state index contributed by atoms with van der Waals surface area (Å²) < 4.78 is 22.3. The number of carbonyl (C=O) groups is 2. The van der Waals surface area contributed by atoms with Crippen molar-refractivity contribution in [2.24, 2.45) is 16.3 Å². The van der Waals surface area contributed by atoms with Gasteiger partial charge in [0.15, 0.2) is 17.3 Å². The largest absolute Gasteiger partial charge is 0.490 e. The summed E-state index contributed by atoms with van der Waals surface area (Å²) in [6, 6.07) is 15.0. The Hall–Kier alpha value is -3.61. The Balaban J connectivity index is 1.42. The van der Waals surface area contributed by atoms with Gasteiger partial charge in [-0.3, -0.25) is 14.6 Å². The molecule has 0 bridgehead atoms. The van der Waals surface area contributed by atoms with Crippen molar-refractivity contribution < 1.29 is 28.5 Å². The molecule has 2 heterocycles. The highest BCUT2D eigenvalue weighted by atomic mass is 16.7. The summed E-state index contributed by atoms with van der Waals surface area (Å²) in [5.41, 5.74) is 2.65. The Kier molecular flexibility index (Phi) is 6.09. The fourth-order valence-electron chi connectivity index (χ4n) is 5.13. The number of Topliss-reactive ketones (excluding diaryl/α,β-unsaturated/α-hetero) is 1. The highest BCUT2D eigenvalue weighted by Gasteiger charge is 2.46. The maximum Gasteiger partial charge on any atom is 0.315 e. The quantitative estimate of drug-likeness (QED) is 0.439. The molecule has 2 aromatic carbocycles. The van der Waals surface area contributed by atoms with Crippen LogP contribution < -0.4 is 14.2 Å². The van der Waals surface area contributed by atoms with E-state index < -0.39 is 17.8 Å². The number of para-hydroxylation sites is 1. The van der Waals surface area contributed by atoms with Gasteiger partial charge in [0.05, 0.1) is 0 Å². The molecule has 1 aliphatic carbocycles. The normalized spacial score (nSPS) is 22.4. The maximum absolute atomic E-state index is 13.4. The Morgan fingerprint density at radius 1 is 1.06 bits per heavy atom. The Morgan fingerprint density at radius 3 is 2.63 bits per heavy atom. The van der Waals surface area contributed by atoms with Crippen molar-refractivity contribution in [3.8, 4) is 17.2 Å². The first-order chi connectivity index (χ1) is 16.8. The van der Waals surface area contributed by atoms with E-state index >= 15 is 0 Å². The number of hydrogen-bond donors (Lipinski definition) is 0. The lowest BCUT2D eigenvalue weighted by molar-refractivity contribution is -0.147. The van der Waals surface area contributed by atoms with E-state index in [2.05, 4.69) is 13.8 Å². The van der Waals surface area contributed by atoms with Crippen molar-refractivity contribution in [3.63, 3.8) is 0 Å². The smallest absolute Gasteiger partial charge is 0.315 e. The molecule has 7 heteroatoms. The van der Waals surface area contributed by atoms with E-state index in [-0.39, 0.29) is 31.2 Å². The average molecular weight is 476 g/mol. The van der Waals surface area contributed by atoms with Crippen LogP contribution in [0.15, 0.2) is 64.8 Å². The number of carbonyl (C=O) groups excluding carboxylic acids is 2. The molecule has 2 atom stereocenters. The molecule has 1 unspecified atom stereocenters. The van der Waals surface area contributed by atoms with Gasteiger partial charge < -0.3 is 18.9 Å². The lowest BCUT2D eigenvalue weighted by Crippen LogP contribution is -2.39. The van der Waals surface area contributed by atoms with Crippen LogP contribution in [0.5, 0.6) is 17.2 Å². The zero-order valence-corrected chi connectivity index (χ0v) is 20.2. The molecule has 2 aliphatic heterocycles. The fraction of sp³-hybridized carbons (Fsp3) is 0.393. The second-order valence-corrected chi connectivity index (χ2v) is 9.95. The number of hydrogen-bond acceptors (Lipinski definition) is 7. The molecule has 5 rings (SSSR count). The Labute approximate surface area is 204 Å². The third-order valence-electron chi connectivity index (χ3n) is 6.65. The number of rotatable bonds is 6. The molecule has 0 radical (unpaired) electrons. The minimum atomic E-state index is -0.712. The monoisotopic (exact) mass is 475 g/mol. The maximum atomic E-state index is 13.4. The van der Waals surface area contributed by atoms with E-state index in [0.29, 0.717) is 41.4 Å². The van der Waals surface area contributed by atoms with E-state index in [1.807, 2.05) is 55.5 Å². The summed E-state index contributed by atoms with van der Waals surface area (Å²) in [6.07, 6.45) is 1.09. The minimum absolute atomic E-state index is 0.0281. The molecule has 0 saturated carbocycles. The van der Waals surface area contributed by atoms with Crippen LogP contribution in [-0.4, -0.2) is 37.5 Å². The molecule has 7 nitrogen and oxygen atoms in total. The van der Waals surface area contributed by atoms with Crippen LogP contribution in [0.3, 0.4) is 0 Å². The summed E-state index contributed by atoms with van der Waals surface area (Å²) in [5.74, 6) is 0.367. The average Bonchev–Trinajstić information content (AvgIpc) is 3.28. The fourth-order valence-corrected chi connectivity index (χ4v) is 5.13. The van der Waals surface area contributed by atoms with Crippen LogP contribution in [0.4, 0.5) is 0 Å². The number of fused-ring (bicyclic) bond motifs is 1. The summed E-state index contributed by atoms with van der Waals surface area (Å²) >= 11 is 0. The van der Waals surface area contributed by atoms with Gasteiger partial charge in [-0.25, -0.2) is 0 Å². The molecule has 0 N–H and O–H groups in total. The number of nitrogens with zero attached hydrogens (tertiary/aromatic N) is 1. The van der Waals surface area contributed by atoms with Crippen molar-refractivity contribution in [3.05, 3.63) is 65.4 Å². The molecule has 0 spiro atoms. The van der Waals surface area contributed by atoms with E-state index in [0.717, 1.165) is 11.3 Å². The van der Waals surface area contributed by atoms with Gasteiger partial charge in [-0.15, -0.1) is 0 Å². The van der Waals surface area contributed by atoms with Gasteiger partial charge >= 0.3 is 5.97 Å². The summed E-state index contributed by atoms with van der Waals surface area (Å²) in [5, 5.41) is 0. The number of aliphatic imine (C=N–C) groups is 1. The predicted molar refractivity (Wildman–Crippen MR) is 130 cm³/mol. The zero-order chi connectivity index (χ0) is 24.6. The van der Waals surface area contributed by atoms with E-state index in [1.165, 1.54) is 0 Å². The van der Waals surface area contributed by atoms with Crippen LogP contribution in [0, 0.1) is 11.3 Å². The zero-order valence-electron chi connectivity index (χ0n) is 20.2. The van der Waals surface area contributed by atoms with Crippen molar-refractivity contribution >= 4 is 17.5 Å². The molecule has 0 saturated heterocycles. The van der Waals surface area contributed by atoms with Crippen LogP contribution in [0.1, 0.15) is 45.1 Å². The first-order valence-corrected chi connectivity index (χ1v) is 11.9. The van der Waals surface area contributed by atoms with Crippen LogP contribution in [0.25, 0.3) is 0 Å². The molecule has 35 heavy (non-hydrogen) atoms. The van der Waals surface area contributed by atoms with E-state index in [9.17, 15) is 9.59 Å². The molecular weight excluding hydrogens is 446 g/mol. The second kappa shape index (κ2) is 9.21. The topological polar surface area (TPSA) is 83.4 Å². The molecule has 0 aromatic heterocycles. The molecule has 3 aliphatic rings. The van der Waals surface area contributed by atoms with Gasteiger partial charge in [0, 0.05) is 29.3 Å². The molecule has 0 amide bonds. The standard InChI is InChI=1S/C28H29NO6/c1-17-24(27(31)33-12-11-32-19-7-5-4-6-8-19)25(18-9-10-22-23(13-18)35-16-34-22)26-20(29-17)14-28(2,3)15-21(26)30/h4-10,13,24-25H,11-12,14-16H2,1-3H3/t24?,25-/m1/s1. The lowest BCUT2D eigenvalue weighted by atomic mass is 9.67. The number of benzene rings is 2. The number of allylic oxidation sites excluding steroid dienone is 2. The summed E-state index contributed by atoms with van der Waals surface area (Å²) in [7, 11) is 0. The predicted octanol–water partition coefficient (Wildman–Crippen LogP) is 4.86. The van der Waals surface area contributed by atoms with Gasteiger partial charge in [-0.05, 0) is 48.6 Å². The third kappa shape index (κ3) is 4.67. The second-order valence-electron chi connectivity index (χ2n) is 9.95. The molecule has 182 valence electrons. The van der Waals surface area contributed by atoms with Crippen molar-refractivity contribution in [2.45, 2.75) is 39.5 Å². The summed E-state index contributed by atoms with van der Waals surface area (Å²) in [6.45, 7) is 6.46. The first-order valence-electron chi connectivity index (χ1n) is 11.9. The van der Waals surface area contributed by atoms with Crippen molar-refractivity contribution in [2.75, 3.05) is 20.0 Å². The van der Waals surface area contributed by atoms with Gasteiger partial charge in [-0.1, -0.05) is 38.1 Å². The van der Waals surface area contributed by atoms with Crippen LogP contribution in [0.2, 0.25) is 0 Å². The van der Waals surface area contributed by atoms with Gasteiger partial charge in [0.1, 0.15) is 24.9 Å². The Bertz CT molecular complexity index is 1210. The molecular formula is C28H29NO6.